The molecule has 0 spiro atoms. The first-order chi connectivity index (χ1) is 16.6. The normalized spacial score (nSPS) is 18.2. The van der Waals surface area contributed by atoms with Crippen molar-refractivity contribution in [2.24, 2.45) is 5.92 Å². The summed E-state index contributed by atoms with van der Waals surface area (Å²) in [7, 11) is 0. The molecule has 0 radical (unpaired) electrons. The predicted octanol–water partition coefficient (Wildman–Crippen LogP) is 1.70. The Morgan fingerprint density at radius 2 is 1.69 bits per heavy atom. The largest absolute Gasteiger partial charge is 0.419 e. The molecular weight excluding hydrogens is 465 g/mol. The van der Waals surface area contributed by atoms with Crippen LogP contribution in [0.25, 0.3) is 0 Å². The van der Waals surface area contributed by atoms with Gasteiger partial charge in [0.05, 0.1) is 11.3 Å². The van der Waals surface area contributed by atoms with Crippen LogP contribution in [0.4, 0.5) is 18.9 Å². The number of alkyl halides is 3. The average molecular weight is 492 g/mol. The molecule has 35 heavy (non-hydrogen) atoms. The molecule has 11 heteroatoms. The molecule has 8 nitrogen and oxygen atoms in total. The maximum absolute atomic E-state index is 13.3. The van der Waals surface area contributed by atoms with E-state index in [1.807, 2.05) is 24.3 Å². The number of pyridine rings is 1. The number of nitrogens with zero attached hydrogens (tertiary/aromatic N) is 3. The van der Waals surface area contributed by atoms with Gasteiger partial charge in [-0.1, -0.05) is 24.3 Å². The molecule has 2 aliphatic rings. The second-order valence-electron chi connectivity index (χ2n) is 8.92. The van der Waals surface area contributed by atoms with Gasteiger partial charge in [0, 0.05) is 45.1 Å². The van der Waals surface area contributed by atoms with E-state index in [9.17, 15) is 33.0 Å². The van der Waals surface area contributed by atoms with E-state index >= 15 is 0 Å². The third kappa shape index (κ3) is 5.57. The fourth-order valence-corrected chi connectivity index (χ4v) is 4.56. The fraction of sp³-hybridized carbons (Fsp3) is 0.458. The third-order valence-electron chi connectivity index (χ3n) is 6.60. The molecule has 1 fully saturated rings. The van der Waals surface area contributed by atoms with Crippen molar-refractivity contribution >= 4 is 17.5 Å². The number of aliphatic hydroxyl groups excluding tert-OH is 2. The fourth-order valence-electron chi connectivity index (χ4n) is 4.56. The summed E-state index contributed by atoms with van der Waals surface area (Å²) in [6, 6.07) is 8.80. The van der Waals surface area contributed by atoms with Crippen molar-refractivity contribution in [1.29, 1.82) is 0 Å². The molecule has 188 valence electrons. The minimum atomic E-state index is -4.50. The van der Waals surface area contributed by atoms with Crippen LogP contribution in [0, 0.1) is 5.92 Å². The number of aromatic nitrogens is 1. The third-order valence-corrected chi connectivity index (χ3v) is 6.60. The van der Waals surface area contributed by atoms with Crippen molar-refractivity contribution in [2.45, 2.75) is 44.3 Å². The highest BCUT2D eigenvalue weighted by molar-refractivity contribution is 5.90. The molecule has 0 bridgehead atoms. The van der Waals surface area contributed by atoms with E-state index in [4.69, 9.17) is 0 Å². The summed E-state index contributed by atoms with van der Waals surface area (Å²) in [6.07, 6.45) is -5.10. The highest BCUT2D eigenvalue weighted by Crippen LogP contribution is 2.37. The predicted molar refractivity (Wildman–Crippen MR) is 120 cm³/mol. The van der Waals surface area contributed by atoms with E-state index in [0.29, 0.717) is 39.0 Å². The van der Waals surface area contributed by atoms with Gasteiger partial charge in [0.2, 0.25) is 0 Å². The van der Waals surface area contributed by atoms with E-state index in [2.05, 4.69) is 10.3 Å². The zero-order valence-corrected chi connectivity index (χ0v) is 18.9. The average Bonchev–Trinajstić information content (AvgIpc) is 3.30. The van der Waals surface area contributed by atoms with E-state index in [-0.39, 0.29) is 18.2 Å². The number of carbonyl (C=O) groups excluding carboxylic acids is 2. The SMILES string of the molecule is O=C(NCC1CCN(c2ccncc2C(F)(F)F)CC1)C(O)[C@@H](O)C(=O)N1Cc2ccccc2C1. The number of carbonyl (C=O) groups is 2. The van der Waals surface area contributed by atoms with Crippen molar-refractivity contribution in [3.8, 4) is 0 Å². The van der Waals surface area contributed by atoms with E-state index in [1.165, 1.54) is 17.2 Å². The second-order valence-corrected chi connectivity index (χ2v) is 8.92. The lowest BCUT2D eigenvalue weighted by Crippen LogP contribution is -2.50. The monoisotopic (exact) mass is 492 g/mol. The molecule has 1 aromatic heterocycles. The Hall–Kier alpha value is -3.18. The summed E-state index contributed by atoms with van der Waals surface area (Å²) >= 11 is 0. The molecule has 0 saturated carbocycles. The van der Waals surface area contributed by atoms with E-state index in [0.717, 1.165) is 17.3 Å². The van der Waals surface area contributed by atoms with Crippen molar-refractivity contribution in [3.05, 3.63) is 59.4 Å². The Balaban J connectivity index is 1.25. The van der Waals surface area contributed by atoms with Gasteiger partial charge in [-0.15, -0.1) is 0 Å². The summed E-state index contributed by atoms with van der Waals surface area (Å²) in [5.74, 6) is -1.60. The summed E-state index contributed by atoms with van der Waals surface area (Å²) in [4.78, 5) is 31.6. The maximum Gasteiger partial charge on any atom is 0.419 e. The Morgan fingerprint density at radius 3 is 2.29 bits per heavy atom. The van der Waals surface area contributed by atoms with Crippen LogP contribution in [-0.2, 0) is 28.9 Å². The van der Waals surface area contributed by atoms with Crippen molar-refractivity contribution in [3.63, 3.8) is 0 Å². The molecule has 1 aromatic carbocycles. The van der Waals surface area contributed by atoms with Crippen LogP contribution < -0.4 is 10.2 Å². The van der Waals surface area contributed by atoms with Crippen molar-refractivity contribution < 1.29 is 33.0 Å². The van der Waals surface area contributed by atoms with Gasteiger partial charge in [-0.3, -0.25) is 14.6 Å². The molecular formula is C24H27F3N4O4. The van der Waals surface area contributed by atoms with Gasteiger partial charge >= 0.3 is 6.18 Å². The van der Waals surface area contributed by atoms with Gasteiger partial charge in [-0.25, -0.2) is 0 Å². The zero-order chi connectivity index (χ0) is 25.2. The summed E-state index contributed by atoms with van der Waals surface area (Å²) < 4.78 is 39.8. The van der Waals surface area contributed by atoms with Crippen molar-refractivity contribution in [2.75, 3.05) is 24.5 Å². The molecule has 2 amide bonds. The minimum absolute atomic E-state index is 0.0144. The molecule has 2 aliphatic heterocycles. The molecule has 3 heterocycles. The Bertz CT molecular complexity index is 1050. The number of halogens is 3. The summed E-state index contributed by atoms with van der Waals surface area (Å²) in [6.45, 7) is 1.51. The second kappa shape index (κ2) is 10.2. The topological polar surface area (TPSA) is 106 Å². The first-order valence-corrected chi connectivity index (χ1v) is 11.4. The number of anilines is 1. The molecule has 4 rings (SSSR count). The summed E-state index contributed by atoms with van der Waals surface area (Å²) in [5, 5.41) is 23.1. The van der Waals surface area contributed by atoms with E-state index < -0.39 is 35.8 Å². The molecule has 0 aliphatic carbocycles. The number of fused-ring (bicyclic) bond motifs is 1. The number of hydrogen-bond acceptors (Lipinski definition) is 6. The molecule has 2 atom stereocenters. The van der Waals surface area contributed by atoms with Crippen molar-refractivity contribution in [1.82, 2.24) is 15.2 Å². The highest BCUT2D eigenvalue weighted by atomic mass is 19.4. The van der Waals surface area contributed by atoms with Crippen LogP contribution in [0.2, 0.25) is 0 Å². The van der Waals surface area contributed by atoms with Crippen LogP contribution >= 0.6 is 0 Å². The minimum Gasteiger partial charge on any atom is -0.380 e. The number of nitrogens with one attached hydrogen (secondary N) is 1. The Morgan fingerprint density at radius 1 is 1.06 bits per heavy atom. The lowest BCUT2D eigenvalue weighted by Gasteiger charge is -2.35. The lowest BCUT2D eigenvalue weighted by atomic mass is 9.95. The van der Waals surface area contributed by atoms with Gasteiger partial charge in [-0.05, 0) is 36.0 Å². The molecule has 1 unspecified atom stereocenters. The molecule has 2 aromatic rings. The van der Waals surface area contributed by atoms with Crippen LogP contribution in [0.3, 0.4) is 0 Å². The van der Waals surface area contributed by atoms with Crippen LogP contribution in [0.15, 0.2) is 42.7 Å². The number of aliphatic hydroxyl groups is 2. The highest BCUT2D eigenvalue weighted by Gasteiger charge is 2.37. The molecule has 1 saturated heterocycles. The van der Waals surface area contributed by atoms with Gasteiger partial charge in [-0.2, -0.15) is 13.2 Å². The first kappa shape index (κ1) is 24.9. The zero-order valence-electron chi connectivity index (χ0n) is 18.9. The summed E-state index contributed by atoms with van der Waals surface area (Å²) in [5.41, 5.74) is 1.20. The van der Waals surface area contributed by atoms with Gasteiger partial charge in [0.15, 0.2) is 12.2 Å². The van der Waals surface area contributed by atoms with Crippen LogP contribution in [0.1, 0.15) is 29.5 Å². The van der Waals surface area contributed by atoms with Crippen LogP contribution in [0.5, 0.6) is 0 Å². The maximum atomic E-state index is 13.3. The van der Waals surface area contributed by atoms with Gasteiger partial charge in [0.1, 0.15) is 0 Å². The first-order valence-electron chi connectivity index (χ1n) is 11.4. The number of rotatable bonds is 6. The molecule has 3 N–H and O–H groups in total. The Labute approximate surface area is 200 Å². The van der Waals surface area contributed by atoms with Crippen LogP contribution in [-0.4, -0.2) is 63.8 Å². The number of hydrogen-bond donors (Lipinski definition) is 3. The van der Waals surface area contributed by atoms with E-state index in [1.54, 1.807) is 4.90 Å². The standard InChI is InChI=1S/C24H27F3N4O4/c25-24(26,27)18-12-28-8-5-19(18)30-9-6-15(7-10-30)11-29-22(34)20(32)21(33)23(35)31-13-16-3-1-2-4-17(16)14-31/h1-5,8,12,15,20-21,32-33H,6-7,9-11,13-14H2,(H,29,34)/t20?,21-/m1/s1. The van der Waals surface area contributed by atoms with Gasteiger partial charge in [0.25, 0.3) is 11.8 Å². The number of piperidine rings is 1. The smallest absolute Gasteiger partial charge is 0.380 e. The lowest BCUT2D eigenvalue weighted by molar-refractivity contribution is -0.153. The Kier molecular flexibility index (Phi) is 7.27. The van der Waals surface area contributed by atoms with Gasteiger partial charge < -0.3 is 25.3 Å². The number of benzene rings is 1. The number of amides is 2. The quantitative estimate of drug-likeness (QED) is 0.567.